The van der Waals surface area contributed by atoms with Crippen molar-refractivity contribution < 1.29 is 40.2 Å². The van der Waals surface area contributed by atoms with Gasteiger partial charge >= 0.3 is 11.8 Å². The second-order valence-electron chi connectivity index (χ2n) is 11.0. The summed E-state index contributed by atoms with van der Waals surface area (Å²) < 4.78 is 107. The zero-order valence-electron chi connectivity index (χ0n) is 42.1. The molecule has 5 N–H and O–H groups in total. The molecule has 2 aromatic carbocycles. The Kier molecular flexibility index (Phi) is 10.8. The van der Waals surface area contributed by atoms with Gasteiger partial charge in [-0.15, -0.1) is 15.3 Å². The molecular formula is C36H30Cl4N12O9. The minimum atomic E-state index is -3.05. The Morgan fingerprint density at radius 2 is 1.34 bits per heavy atom. The van der Waals surface area contributed by atoms with E-state index in [-0.39, 0.29) is 49.6 Å². The number of amides is 2. The molecule has 21 nitrogen and oxygen atoms in total. The average molecular weight is 929 g/mol. The number of hydrogen-bond acceptors (Lipinski definition) is 16. The number of rotatable bonds is 11. The number of nitrogens with zero attached hydrogens (tertiary/aromatic N) is 7. The summed E-state index contributed by atoms with van der Waals surface area (Å²) >= 11 is 24.8. The molecule has 0 saturated carbocycles. The number of aromatic amines is 3. The van der Waals surface area contributed by atoms with Gasteiger partial charge in [0.15, 0.2) is 11.5 Å². The standard InChI is InChI=1S/C19H18Cl2N6O5.C17H12Cl2N6O4/c1-4-31-19(30)23-18(29)14(8-22)25-24-10-5-12(20)16(13(21)6-10)32-15-7-11(9(2)3)17(28)27-26-15;1-7(2)9-5-13(22-23-15(9)26)29-14-10(18)3-8(4-11(14)19)25-17(28)21-16(27)12(6-20)24-25/h5-7,9,24H,4H2,1-3H3,(H,27,28)(H,23,29,30);3-5,7H,1-2H3,(H,23,26)(H,21,27,28)/b25-14-;/i2D3,3D3;1D3,2D3. The summed E-state index contributed by atoms with van der Waals surface area (Å²) in [7, 11) is 0. The van der Waals surface area contributed by atoms with Crippen LogP contribution in [0.5, 0.6) is 23.3 Å². The van der Waals surface area contributed by atoms with Crippen LogP contribution < -0.4 is 42.6 Å². The Hall–Kier alpha value is -7.04. The molecule has 0 unspecified atom stereocenters. The van der Waals surface area contributed by atoms with Crippen molar-refractivity contribution in [2.75, 3.05) is 12.0 Å². The van der Waals surface area contributed by atoms with Crippen LogP contribution in [0, 0.1) is 22.7 Å². The summed E-state index contributed by atoms with van der Waals surface area (Å²) in [4.78, 5) is 73.2. The Morgan fingerprint density at radius 3 is 1.80 bits per heavy atom. The van der Waals surface area contributed by atoms with Crippen LogP contribution >= 0.6 is 46.4 Å². The molecule has 5 rings (SSSR count). The molecule has 0 radical (unpaired) electrons. The van der Waals surface area contributed by atoms with Gasteiger partial charge in [-0.05, 0) is 43.0 Å². The molecule has 0 aliphatic carbocycles. The molecular weight excluding hydrogens is 886 g/mol. The highest BCUT2D eigenvalue weighted by Crippen LogP contribution is 2.39. The summed E-state index contributed by atoms with van der Waals surface area (Å²) in [6.07, 6.45) is -1.07. The highest BCUT2D eigenvalue weighted by atomic mass is 35.5. The number of ether oxygens (including phenoxy) is 3. The van der Waals surface area contributed by atoms with E-state index in [9.17, 15) is 28.8 Å². The van der Waals surface area contributed by atoms with E-state index in [4.69, 9.17) is 82.9 Å². The maximum absolute atomic E-state index is 12.2. The molecule has 2 amide bonds. The first kappa shape index (κ1) is 31.8. The number of halogens is 4. The quantitative estimate of drug-likeness (QED) is 0.0789. The monoisotopic (exact) mass is 926 g/mol. The lowest BCUT2D eigenvalue weighted by molar-refractivity contribution is -0.114. The predicted octanol–water partition coefficient (Wildman–Crippen LogP) is 5.65. The number of aromatic nitrogens is 7. The van der Waals surface area contributed by atoms with Crippen molar-refractivity contribution in [2.24, 2.45) is 5.10 Å². The minimum absolute atomic E-state index is 0.00277. The Balaban J connectivity index is 0.000000317. The van der Waals surface area contributed by atoms with Crippen molar-refractivity contribution in [3.8, 4) is 41.1 Å². The van der Waals surface area contributed by atoms with E-state index in [1.807, 2.05) is 15.2 Å². The zero-order chi connectivity index (χ0) is 55.1. The van der Waals surface area contributed by atoms with E-state index in [0.717, 1.165) is 24.3 Å². The molecule has 0 bridgehead atoms. The van der Waals surface area contributed by atoms with E-state index in [1.165, 1.54) is 31.2 Å². The molecule has 3 heterocycles. The van der Waals surface area contributed by atoms with Gasteiger partial charge in [-0.25, -0.2) is 19.8 Å². The summed E-state index contributed by atoms with van der Waals surface area (Å²) in [6.45, 7) is -10.7. The number of benzene rings is 2. The number of anilines is 1. The van der Waals surface area contributed by atoms with Gasteiger partial charge in [0.2, 0.25) is 23.2 Å². The number of carbonyl (C=O) groups is 2. The molecule has 316 valence electrons. The van der Waals surface area contributed by atoms with E-state index in [0.29, 0.717) is 4.68 Å². The lowest BCUT2D eigenvalue weighted by atomic mass is 10.1. The van der Waals surface area contributed by atoms with Gasteiger partial charge in [-0.1, -0.05) is 73.8 Å². The van der Waals surface area contributed by atoms with Crippen molar-refractivity contribution in [3.63, 3.8) is 0 Å². The van der Waals surface area contributed by atoms with Crippen LogP contribution in [0.15, 0.2) is 60.7 Å². The second-order valence-corrected chi connectivity index (χ2v) is 12.7. The largest absolute Gasteiger partial charge is 0.450 e. The molecule has 0 aliphatic heterocycles. The summed E-state index contributed by atoms with van der Waals surface area (Å²) in [5, 5.41) is 37.5. The van der Waals surface area contributed by atoms with E-state index in [1.54, 1.807) is 5.32 Å². The van der Waals surface area contributed by atoms with Crippen LogP contribution in [0.4, 0.5) is 10.5 Å². The third-order valence-electron chi connectivity index (χ3n) is 6.92. The third-order valence-corrected chi connectivity index (χ3v) is 8.04. The second kappa shape index (κ2) is 20.8. The number of H-pyrrole nitrogens is 3. The van der Waals surface area contributed by atoms with E-state index >= 15 is 0 Å². The highest BCUT2D eigenvalue weighted by molar-refractivity contribution is 6.47. The molecule has 0 spiro atoms. The smallest absolute Gasteiger partial charge is 0.414 e. The van der Waals surface area contributed by atoms with E-state index in [2.05, 4.69) is 30.6 Å². The molecule has 0 fully saturated rings. The Labute approximate surface area is 379 Å². The number of hydrogen-bond donors (Lipinski definition) is 5. The van der Waals surface area contributed by atoms with Crippen LogP contribution in [0.2, 0.25) is 20.1 Å². The molecule has 0 aliphatic rings. The molecule has 3 aromatic heterocycles. The molecule has 5 aromatic rings. The van der Waals surface area contributed by atoms with Gasteiger partial charge < -0.3 is 14.2 Å². The van der Waals surface area contributed by atoms with Gasteiger partial charge in [0.25, 0.3) is 22.6 Å². The van der Waals surface area contributed by atoms with Crippen molar-refractivity contribution in [2.45, 2.75) is 46.2 Å². The first-order chi connectivity index (χ1) is 33.7. The summed E-state index contributed by atoms with van der Waals surface area (Å²) in [6, 6.07) is 9.44. The van der Waals surface area contributed by atoms with Crippen molar-refractivity contribution in [1.82, 2.24) is 40.5 Å². The van der Waals surface area contributed by atoms with Gasteiger partial charge in [0.05, 0.1) is 38.1 Å². The fourth-order valence-corrected chi connectivity index (χ4v) is 5.36. The number of carbonyl (C=O) groups excluding carboxylic acids is 2. The third kappa shape index (κ3) is 12.0. The highest BCUT2D eigenvalue weighted by Gasteiger charge is 2.19. The van der Waals surface area contributed by atoms with Crippen LogP contribution in [-0.2, 0) is 9.53 Å². The maximum Gasteiger partial charge on any atom is 0.414 e. The topological polar surface area (TPSA) is 305 Å². The van der Waals surface area contributed by atoms with Gasteiger partial charge in [0, 0.05) is 39.7 Å². The van der Waals surface area contributed by atoms with Gasteiger partial charge in [-0.2, -0.15) is 20.3 Å². The first-order valence-electron chi connectivity index (χ1n) is 22.1. The maximum atomic E-state index is 12.2. The number of alkyl carbamates (subject to hydrolysis) is 1. The molecule has 0 saturated heterocycles. The molecule has 61 heavy (non-hydrogen) atoms. The first-order valence-corrected chi connectivity index (χ1v) is 17.6. The van der Waals surface area contributed by atoms with Crippen LogP contribution in [0.1, 0.15) is 79.4 Å². The van der Waals surface area contributed by atoms with Crippen molar-refractivity contribution in [3.05, 3.63) is 115 Å². The number of nitriles is 2. The lowest BCUT2D eigenvalue weighted by Crippen LogP contribution is -2.36. The predicted molar refractivity (Wildman–Crippen MR) is 222 cm³/mol. The van der Waals surface area contributed by atoms with Crippen LogP contribution in [0.3, 0.4) is 0 Å². The number of imide groups is 1. The average Bonchev–Trinajstić information content (AvgIpc) is 3.24. The molecule has 25 heteroatoms. The zero-order valence-corrected chi connectivity index (χ0v) is 33.2. The summed E-state index contributed by atoms with van der Waals surface area (Å²) in [5.41, 5.74) is -4.23. The fourth-order valence-electron chi connectivity index (χ4n) is 4.25. The Bertz CT molecular complexity index is 3240. The van der Waals surface area contributed by atoms with Gasteiger partial charge in [0.1, 0.15) is 12.1 Å². The lowest BCUT2D eigenvalue weighted by Gasteiger charge is -2.12. The number of hydrazone groups is 1. The SMILES string of the molecule is [2H]C([2H])([2H])C(c1cc(Oc2c(Cl)cc(-n3nc(C#N)c(=O)[nH]c3=O)cc2Cl)n[nH]c1=O)C([2H])([2H])[2H].[2H]C([2H])([2H])C(c1cc(Oc2c(Cl)cc(N/N=C(/C#N)C(=O)NC(=O)OCC)cc2Cl)n[nH]c1=O)C([2H])([2H])[2H]. The van der Waals surface area contributed by atoms with Crippen molar-refractivity contribution >= 4 is 69.8 Å². The van der Waals surface area contributed by atoms with Crippen molar-refractivity contribution in [1.29, 1.82) is 10.5 Å². The number of nitrogens with one attached hydrogen (secondary N) is 5. The summed E-state index contributed by atoms with van der Waals surface area (Å²) in [5.74, 6) is -6.71. The normalized spacial score (nSPS) is 14.6. The van der Waals surface area contributed by atoms with Crippen LogP contribution in [0.25, 0.3) is 5.69 Å². The molecule has 0 atom stereocenters. The van der Waals surface area contributed by atoms with Crippen LogP contribution in [-0.4, -0.2) is 59.5 Å². The van der Waals surface area contributed by atoms with Gasteiger partial charge in [-0.3, -0.25) is 34.9 Å². The Morgan fingerprint density at radius 1 is 0.836 bits per heavy atom. The van der Waals surface area contributed by atoms with E-state index < -0.39 is 108 Å². The minimum Gasteiger partial charge on any atom is -0.450 e. The fraction of sp³-hybridized carbons (Fsp3) is 0.222.